The Morgan fingerprint density at radius 3 is 2.54 bits per heavy atom. The van der Waals surface area contributed by atoms with Gasteiger partial charge in [-0.2, -0.15) is 4.99 Å². The van der Waals surface area contributed by atoms with Gasteiger partial charge in [-0.3, -0.25) is 9.52 Å². The van der Waals surface area contributed by atoms with Crippen molar-refractivity contribution in [2.45, 2.75) is 37.9 Å². The number of amidine groups is 1. The van der Waals surface area contributed by atoms with E-state index < -0.39 is 10.0 Å². The number of carbonyl (C=O) groups is 1. The monoisotopic (exact) mass is 506 g/mol. The molecule has 4 rings (SSSR count). The van der Waals surface area contributed by atoms with Gasteiger partial charge < -0.3 is 0 Å². The van der Waals surface area contributed by atoms with E-state index in [9.17, 15) is 13.2 Å². The van der Waals surface area contributed by atoms with Crippen molar-refractivity contribution >= 4 is 38.4 Å². The standard InChI is InChI=1S/C28H30N2O3S2/c1-3-20-13-11-12-18-23(20)24(4-2)35(32,33)30-25-19-34-27(28(31)29-25)26(21-14-7-5-8-15-21)22-16-9-6-10-17-22/h4-16,18,22,26-27H,3,17,19H2,1-2H3,(H,29,30,31)/b24-4+. The Bertz CT molecular complexity index is 1290. The highest BCUT2D eigenvalue weighted by atomic mass is 32.2. The number of allylic oxidation sites excluding steroid dienone is 5. The predicted molar refractivity (Wildman–Crippen MR) is 146 cm³/mol. The van der Waals surface area contributed by atoms with Gasteiger partial charge >= 0.3 is 0 Å². The first-order valence-electron chi connectivity index (χ1n) is 11.8. The molecule has 0 saturated heterocycles. The number of aliphatic imine (C=N–C) groups is 1. The van der Waals surface area contributed by atoms with Crippen LogP contribution in [0.5, 0.6) is 0 Å². The molecule has 1 N–H and O–H groups in total. The van der Waals surface area contributed by atoms with Crippen LogP contribution in [0.3, 0.4) is 0 Å². The van der Waals surface area contributed by atoms with Gasteiger partial charge in [-0.15, -0.1) is 11.8 Å². The van der Waals surface area contributed by atoms with Crippen molar-refractivity contribution in [3.05, 3.63) is 102 Å². The zero-order chi connectivity index (χ0) is 24.8. The predicted octanol–water partition coefficient (Wildman–Crippen LogP) is 5.49. The average molecular weight is 507 g/mol. The number of sulfonamides is 1. The molecule has 1 aliphatic carbocycles. The Morgan fingerprint density at radius 1 is 1.14 bits per heavy atom. The zero-order valence-corrected chi connectivity index (χ0v) is 21.6. The van der Waals surface area contributed by atoms with E-state index in [1.54, 1.807) is 13.0 Å². The largest absolute Gasteiger partial charge is 0.271 e. The fourth-order valence-electron chi connectivity index (χ4n) is 4.70. The highest BCUT2D eigenvalue weighted by Crippen LogP contribution is 2.40. The van der Waals surface area contributed by atoms with Gasteiger partial charge in [0.15, 0.2) is 0 Å². The third-order valence-electron chi connectivity index (χ3n) is 6.34. The first kappa shape index (κ1) is 25.2. The smallest absolute Gasteiger partial charge is 0.263 e. The highest BCUT2D eigenvalue weighted by Gasteiger charge is 2.38. The minimum Gasteiger partial charge on any atom is -0.271 e. The van der Waals surface area contributed by atoms with Gasteiger partial charge in [-0.1, -0.05) is 91.9 Å². The second-order valence-corrected chi connectivity index (χ2v) is 11.3. The molecular formula is C28H30N2O3S2. The van der Waals surface area contributed by atoms with Gasteiger partial charge in [-0.25, -0.2) is 8.42 Å². The van der Waals surface area contributed by atoms with Crippen LogP contribution in [0, 0.1) is 5.92 Å². The van der Waals surface area contributed by atoms with Gasteiger partial charge in [0.05, 0.1) is 15.9 Å². The van der Waals surface area contributed by atoms with E-state index >= 15 is 0 Å². The SMILES string of the molecule is C/C=C(\c1ccccc1CC)S(=O)(=O)NC1=NC(=O)C(C(c2ccccc2)C2C=CC=CC2)SC1. The summed E-state index contributed by atoms with van der Waals surface area (Å²) >= 11 is 1.45. The molecule has 0 bridgehead atoms. The number of aryl methyl sites for hydroxylation is 1. The molecule has 2 aromatic carbocycles. The van der Waals surface area contributed by atoms with Crippen molar-refractivity contribution in [3.63, 3.8) is 0 Å². The van der Waals surface area contributed by atoms with Crippen LogP contribution in [0.1, 0.15) is 42.9 Å². The highest BCUT2D eigenvalue weighted by molar-refractivity contribution is 8.02. The second-order valence-electron chi connectivity index (χ2n) is 8.55. The molecule has 1 amide bonds. The Hall–Kier alpha value is -2.90. The van der Waals surface area contributed by atoms with Crippen molar-refractivity contribution in [1.29, 1.82) is 0 Å². The number of hydrogen-bond acceptors (Lipinski definition) is 4. The van der Waals surface area contributed by atoms with E-state index in [-0.39, 0.29) is 33.7 Å². The second kappa shape index (κ2) is 11.2. The molecule has 0 spiro atoms. The normalized spacial score (nSPS) is 21.5. The molecule has 2 aliphatic rings. The molecule has 182 valence electrons. The maximum absolute atomic E-state index is 13.3. The van der Waals surface area contributed by atoms with E-state index in [1.807, 2.05) is 61.5 Å². The number of carbonyl (C=O) groups excluding carboxylic acids is 1. The van der Waals surface area contributed by atoms with Crippen molar-refractivity contribution < 1.29 is 13.2 Å². The summed E-state index contributed by atoms with van der Waals surface area (Å²) in [7, 11) is -3.90. The minimum atomic E-state index is -3.90. The fraction of sp³-hybridized carbons (Fsp3) is 0.286. The van der Waals surface area contributed by atoms with Gasteiger partial charge in [0.1, 0.15) is 5.84 Å². The third kappa shape index (κ3) is 5.68. The van der Waals surface area contributed by atoms with Gasteiger partial charge in [-0.05, 0) is 42.4 Å². The Morgan fingerprint density at radius 2 is 1.89 bits per heavy atom. The van der Waals surface area contributed by atoms with Gasteiger partial charge in [0.2, 0.25) is 0 Å². The Labute approximate surface area is 212 Å². The number of nitrogens with one attached hydrogen (secondary N) is 1. The summed E-state index contributed by atoms with van der Waals surface area (Å²) in [5.41, 5.74) is 2.71. The van der Waals surface area contributed by atoms with Crippen LogP contribution >= 0.6 is 11.8 Å². The maximum Gasteiger partial charge on any atom is 0.263 e. The summed E-state index contributed by atoms with van der Waals surface area (Å²) in [5, 5.41) is -0.381. The lowest BCUT2D eigenvalue weighted by atomic mass is 9.79. The molecule has 0 radical (unpaired) electrons. The van der Waals surface area contributed by atoms with E-state index in [0.717, 1.165) is 17.5 Å². The van der Waals surface area contributed by atoms with Gasteiger partial charge in [0, 0.05) is 5.92 Å². The van der Waals surface area contributed by atoms with E-state index in [4.69, 9.17) is 0 Å². The Kier molecular flexibility index (Phi) is 8.08. The fourth-order valence-corrected chi connectivity index (χ4v) is 7.36. The van der Waals surface area contributed by atoms with E-state index in [0.29, 0.717) is 17.7 Å². The van der Waals surface area contributed by atoms with Crippen LogP contribution in [0.4, 0.5) is 0 Å². The Balaban J connectivity index is 1.58. The van der Waals surface area contributed by atoms with Crippen LogP contribution in [0.25, 0.3) is 4.91 Å². The van der Waals surface area contributed by atoms with Crippen molar-refractivity contribution in [3.8, 4) is 0 Å². The van der Waals surface area contributed by atoms with Crippen LogP contribution in [0.15, 0.2) is 90.0 Å². The molecule has 3 atom stereocenters. The lowest BCUT2D eigenvalue weighted by Gasteiger charge is -2.33. The van der Waals surface area contributed by atoms with Crippen LogP contribution in [-0.2, 0) is 21.2 Å². The van der Waals surface area contributed by atoms with Crippen LogP contribution in [-0.4, -0.2) is 31.2 Å². The molecule has 1 heterocycles. The topological polar surface area (TPSA) is 75.6 Å². The molecule has 0 aromatic heterocycles. The minimum absolute atomic E-state index is 0.0423. The lowest BCUT2D eigenvalue weighted by Crippen LogP contribution is -2.40. The van der Waals surface area contributed by atoms with Gasteiger partial charge in [0.25, 0.3) is 15.9 Å². The van der Waals surface area contributed by atoms with E-state index in [2.05, 4.69) is 34.0 Å². The molecule has 1 aliphatic heterocycles. The molecule has 5 nitrogen and oxygen atoms in total. The molecule has 2 aromatic rings. The maximum atomic E-state index is 13.3. The van der Waals surface area contributed by atoms with Crippen molar-refractivity contribution in [2.24, 2.45) is 10.9 Å². The average Bonchev–Trinajstić information content (AvgIpc) is 2.87. The summed E-state index contributed by atoms with van der Waals surface area (Å²) in [6, 6.07) is 17.5. The summed E-state index contributed by atoms with van der Waals surface area (Å²) in [6.45, 7) is 3.70. The molecule has 0 saturated carbocycles. The van der Waals surface area contributed by atoms with E-state index in [1.165, 1.54) is 11.8 Å². The number of hydrogen-bond donors (Lipinski definition) is 1. The first-order chi connectivity index (χ1) is 16.9. The number of thioether (sulfide) groups is 1. The van der Waals surface area contributed by atoms with Crippen LogP contribution in [0.2, 0.25) is 0 Å². The number of benzene rings is 2. The number of nitrogens with zero attached hydrogens (tertiary/aromatic N) is 1. The van der Waals surface area contributed by atoms with Crippen molar-refractivity contribution in [1.82, 2.24) is 4.72 Å². The molecular weight excluding hydrogens is 476 g/mol. The molecule has 3 unspecified atom stereocenters. The zero-order valence-electron chi connectivity index (χ0n) is 19.9. The molecule has 0 fully saturated rings. The summed E-state index contributed by atoms with van der Waals surface area (Å²) in [4.78, 5) is 17.7. The quantitative estimate of drug-likeness (QED) is 0.539. The van der Waals surface area contributed by atoms with Crippen LogP contribution < -0.4 is 4.72 Å². The first-order valence-corrected chi connectivity index (χ1v) is 14.4. The lowest BCUT2D eigenvalue weighted by molar-refractivity contribution is -0.117. The molecule has 35 heavy (non-hydrogen) atoms. The third-order valence-corrected chi connectivity index (χ3v) is 9.17. The molecule has 7 heteroatoms. The number of rotatable bonds is 7. The number of amides is 1. The summed E-state index contributed by atoms with van der Waals surface area (Å²) < 4.78 is 29.2. The summed E-state index contributed by atoms with van der Waals surface area (Å²) in [6.07, 6.45) is 11.5. The van der Waals surface area contributed by atoms with Crippen molar-refractivity contribution in [2.75, 3.05) is 5.75 Å². The summed E-state index contributed by atoms with van der Waals surface area (Å²) in [5.74, 6) is 0.330.